The third-order valence-electron chi connectivity index (χ3n) is 1.91. The van der Waals surface area contributed by atoms with E-state index in [0.29, 0.717) is 17.3 Å². The molecule has 0 aliphatic rings. The van der Waals surface area contributed by atoms with Crippen molar-refractivity contribution < 1.29 is 14.7 Å². The Kier molecular flexibility index (Phi) is 5.43. The molecule has 0 radical (unpaired) electrons. The van der Waals surface area contributed by atoms with Crippen LogP contribution in [0.25, 0.3) is 0 Å². The topological polar surface area (TPSA) is 79.3 Å². The zero-order valence-corrected chi connectivity index (χ0v) is 11.2. The van der Waals surface area contributed by atoms with Gasteiger partial charge in [0, 0.05) is 18.1 Å². The van der Waals surface area contributed by atoms with Crippen LogP contribution in [0.2, 0.25) is 0 Å². The Hall–Kier alpha value is -1.08. The summed E-state index contributed by atoms with van der Waals surface area (Å²) in [5, 5.41) is 13.4. The number of carbonyl (C=O) groups is 2. The van der Waals surface area contributed by atoms with Crippen molar-refractivity contribution in [3.63, 3.8) is 0 Å². The van der Waals surface area contributed by atoms with E-state index in [-0.39, 0.29) is 5.91 Å². The quantitative estimate of drug-likeness (QED) is 0.831. The number of aromatic nitrogens is 1. The van der Waals surface area contributed by atoms with Crippen molar-refractivity contribution >= 4 is 40.1 Å². The highest BCUT2D eigenvalue weighted by Gasteiger charge is 2.16. The lowest BCUT2D eigenvalue weighted by molar-refractivity contribution is -0.136. The summed E-state index contributed by atoms with van der Waals surface area (Å²) in [5.74, 6) is -0.411. The molecule has 0 aromatic carbocycles. The fourth-order valence-electron chi connectivity index (χ4n) is 1.13. The largest absolute Gasteiger partial charge is 0.480 e. The average Bonchev–Trinajstić information content (AvgIpc) is 2.65. The highest BCUT2D eigenvalue weighted by molar-refractivity contribution is 7.99. The molecule has 5 nitrogen and oxygen atoms in total. The fourth-order valence-corrected chi connectivity index (χ4v) is 2.89. The number of hydrogen-bond acceptors (Lipinski definition) is 5. The normalized spacial score (nSPS) is 12.1. The van der Waals surface area contributed by atoms with Crippen LogP contribution in [0.4, 0.5) is 5.13 Å². The number of nitrogens with zero attached hydrogens (tertiary/aromatic N) is 1. The highest BCUT2D eigenvalue weighted by Crippen LogP contribution is 2.23. The lowest BCUT2D eigenvalue weighted by Crippen LogP contribution is -2.15. The molecule has 2 N–H and O–H groups in total. The Morgan fingerprint density at radius 3 is 2.88 bits per heavy atom. The van der Waals surface area contributed by atoms with Crippen molar-refractivity contribution in [2.24, 2.45) is 0 Å². The number of thioether (sulfide) groups is 1. The third kappa shape index (κ3) is 4.74. The summed E-state index contributed by atoms with van der Waals surface area (Å²) >= 11 is 2.69. The van der Waals surface area contributed by atoms with Gasteiger partial charge in [0.05, 0.1) is 5.69 Å². The van der Waals surface area contributed by atoms with Gasteiger partial charge in [0.1, 0.15) is 5.25 Å². The molecule has 1 aromatic heterocycles. The molecule has 0 aliphatic heterocycles. The van der Waals surface area contributed by atoms with Crippen LogP contribution < -0.4 is 5.32 Å². The number of hydrogen-bond donors (Lipinski definition) is 2. The van der Waals surface area contributed by atoms with E-state index in [1.807, 2.05) is 12.3 Å². The van der Waals surface area contributed by atoms with Crippen molar-refractivity contribution in [3.8, 4) is 0 Å². The van der Waals surface area contributed by atoms with E-state index < -0.39 is 11.2 Å². The SMILES string of the molecule is CCC(SCc1csc(NC(C)=O)n1)C(=O)O. The van der Waals surface area contributed by atoms with E-state index in [9.17, 15) is 9.59 Å². The minimum atomic E-state index is -0.796. The van der Waals surface area contributed by atoms with Crippen molar-refractivity contribution in [2.45, 2.75) is 31.3 Å². The molecule has 0 saturated heterocycles. The molecule has 0 aliphatic carbocycles. The minimum Gasteiger partial charge on any atom is -0.480 e. The van der Waals surface area contributed by atoms with E-state index in [4.69, 9.17) is 5.11 Å². The smallest absolute Gasteiger partial charge is 0.316 e. The number of thiazole rings is 1. The van der Waals surface area contributed by atoms with Crippen molar-refractivity contribution in [1.82, 2.24) is 4.98 Å². The lowest BCUT2D eigenvalue weighted by atomic mass is 10.3. The Labute approximate surface area is 108 Å². The van der Waals surface area contributed by atoms with Gasteiger partial charge in [-0.1, -0.05) is 6.92 Å². The van der Waals surface area contributed by atoms with E-state index in [2.05, 4.69) is 10.3 Å². The number of carbonyl (C=O) groups excluding carboxylic acids is 1. The van der Waals surface area contributed by atoms with Gasteiger partial charge in [-0.15, -0.1) is 23.1 Å². The standard InChI is InChI=1S/C10H14N2O3S2/c1-3-8(9(14)15)16-4-7-5-17-10(12-7)11-6(2)13/h5,8H,3-4H2,1-2H3,(H,14,15)(H,11,12,13). The summed E-state index contributed by atoms with van der Waals surface area (Å²) in [6.07, 6.45) is 0.586. The number of carboxylic acid groups (broad SMARTS) is 1. The van der Waals surface area contributed by atoms with Gasteiger partial charge in [0.2, 0.25) is 5.91 Å². The highest BCUT2D eigenvalue weighted by atomic mass is 32.2. The van der Waals surface area contributed by atoms with Gasteiger partial charge in [-0.2, -0.15) is 0 Å². The molecular weight excluding hydrogens is 260 g/mol. The lowest BCUT2D eigenvalue weighted by Gasteiger charge is -2.07. The van der Waals surface area contributed by atoms with Gasteiger partial charge in [-0.25, -0.2) is 4.98 Å². The van der Waals surface area contributed by atoms with E-state index in [0.717, 1.165) is 5.69 Å². The number of nitrogens with one attached hydrogen (secondary N) is 1. The summed E-state index contributed by atoms with van der Waals surface area (Å²) in [6.45, 7) is 3.27. The Morgan fingerprint density at radius 1 is 1.65 bits per heavy atom. The molecule has 0 spiro atoms. The summed E-state index contributed by atoms with van der Waals surface area (Å²) in [6, 6.07) is 0. The maximum atomic E-state index is 10.8. The van der Waals surface area contributed by atoms with Gasteiger partial charge in [-0.05, 0) is 6.42 Å². The summed E-state index contributed by atoms with van der Waals surface area (Å²) < 4.78 is 0. The molecule has 7 heteroatoms. The molecule has 1 rings (SSSR count). The second-order valence-corrected chi connectivity index (χ2v) is 5.42. The predicted molar refractivity (Wildman–Crippen MR) is 69.4 cm³/mol. The molecule has 94 valence electrons. The maximum absolute atomic E-state index is 10.8. The molecule has 1 heterocycles. The summed E-state index contributed by atoms with van der Waals surface area (Å²) in [7, 11) is 0. The van der Waals surface area contributed by atoms with Crippen molar-refractivity contribution in [3.05, 3.63) is 11.1 Å². The zero-order valence-electron chi connectivity index (χ0n) is 9.60. The molecule has 0 fully saturated rings. The van der Waals surface area contributed by atoms with Gasteiger partial charge < -0.3 is 10.4 Å². The van der Waals surface area contributed by atoms with Crippen LogP contribution in [-0.4, -0.2) is 27.2 Å². The number of carboxylic acids is 1. The number of rotatable bonds is 6. The fraction of sp³-hybridized carbons (Fsp3) is 0.500. The Morgan fingerprint density at radius 2 is 2.35 bits per heavy atom. The van der Waals surface area contributed by atoms with Crippen LogP contribution in [0.3, 0.4) is 0 Å². The van der Waals surface area contributed by atoms with Crippen LogP contribution >= 0.6 is 23.1 Å². The van der Waals surface area contributed by atoms with Gasteiger partial charge in [0.15, 0.2) is 5.13 Å². The molecule has 1 amide bonds. The van der Waals surface area contributed by atoms with Crippen LogP contribution in [-0.2, 0) is 15.3 Å². The number of aliphatic carboxylic acids is 1. The second-order valence-electron chi connectivity index (χ2n) is 3.37. The third-order valence-corrected chi connectivity index (χ3v) is 4.12. The summed E-state index contributed by atoms with van der Waals surface area (Å²) in [4.78, 5) is 25.8. The predicted octanol–water partition coefficient (Wildman–Crippen LogP) is 2.20. The number of amides is 1. The molecule has 17 heavy (non-hydrogen) atoms. The second kappa shape index (κ2) is 6.61. The van der Waals surface area contributed by atoms with Crippen LogP contribution in [0, 0.1) is 0 Å². The zero-order chi connectivity index (χ0) is 12.8. The van der Waals surface area contributed by atoms with Crippen molar-refractivity contribution in [1.29, 1.82) is 0 Å². The Bertz CT molecular complexity index is 406. The number of anilines is 1. The minimum absolute atomic E-state index is 0.157. The van der Waals surface area contributed by atoms with Crippen molar-refractivity contribution in [2.75, 3.05) is 5.32 Å². The maximum Gasteiger partial charge on any atom is 0.316 e. The first kappa shape index (κ1) is 14.0. The van der Waals surface area contributed by atoms with Crippen LogP contribution in [0.15, 0.2) is 5.38 Å². The first-order valence-electron chi connectivity index (χ1n) is 5.09. The average molecular weight is 274 g/mol. The Balaban J connectivity index is 2.49. The van der Waals surface area contributed by atoms with Gasteiger partial charge >= 0.3 is 5.97 Å². The molecular formula is C10H14N2O3S2. The first-order chi connectivity index (χ1) is 8.02. The van der Waals surface area contributed by atoms with E-state index in [1.165, 1.54) is 30.0 Å². The molecule has 0 bridgehead atoms. The molecule has 1 aromatic rings. The first-order valence-corrected chi connectivity index (χ1v) is 7.02. The molecule has 1 unspecified atom stereocenters. The van der Waals surface area contributed by atoms with Gasteiger partial charge in [-0.3, -0.25) is 9.59 Å². The van der Waals surface area contributed by atoms with E-state index in [1.54, 1.807) is 0 Å². The van der Waals surface area contributed by atoms with Gasteiger partial charge in [0.25, 0.3) is 0 Å². The molecule has 0 saturated carbocycles. The summed E-state index contributed by atoms with van der Waals surface area (Å²) in [5.41, 5.74) is 0.795. The van der Waals surface area contributed by atoms with Crippen LogP contribution in [0.5, 0.6) is 0 Å². The molecule has 1 atom stereocenters. The van der Waals surface area contributed by atoms with E-state index >= 15 is 0 Å². The monoisotopic (exact) mass is 274 g/mol. The van der Waals surface area contributed by atoms with Crippen LogP contribution in [0.1, 0.15) is 26.0 Å².